The van der Waals surface area contributed by atoms with Crippen LogP contribution in [0.15, 0.2) is 99.3 Å². The number of rotatable bonds is 7. The first kappa shape index (κ1) is 25.3. The lowest BCUT2D eigenvalue weighted by atomic mass is 10.0. The largest absolute Gasteiger partial charge is 0.488 e. The molecule has 1 heterocycles. The molecule has 1 aliphatic heterocycles. The maximum atomic E-state index is 13.5. The van der Waals surface area contributed by atoms with Gasteiger partial charge in [-0.1, -0.05) is 83.5 Å². The van der Waals surface area contributed by atoms with E-state index in [1.165, 1.54) is 11.8 Å². The van der Waals surface area contributed by atoms with Crippen LogP contribution in [0.25, 0.3) is 16.8 Å². The van der Waals surface area contributed by atoms with Gasteiger partial charge in [-0.05, 0) is 77.3 Å². The molecule has 0 aliphatic carbocycles. The van der Waals surface area contributed by atoms with E-state index in [1.54, 1.807) is 4.90 Å². The van der Waals surface area contributed by atoms with Crippen molar-refractivity contribution in [1.82, 2.24) is 4.90 Å². The first-order chi connectivity index (χ1) is 18.1. The monoisotopic (exact) mass is 570 g/mol. The normalized spacial score (nSPS) is 15.8. The van der Waals surface area contributed by atoms with Gasteiger partial charge in [0, 0.05) is 16.6 Å². The van der Waals surface area contributed by atoms with Gasteiger partial charge in [-0.25, -0.2) is 4.99 Å². The number of thioether (sulfide) groups is 1. The Bertz CT molecular complexity index is 1510. The number of likely N-dealkylation sites (N-methyl/N-ethyl adjacent to an activating group) is 1. The van der Waals surface area contributed by atoms with Crippen molar-refractivity contribution in [3.05, 3.63) is 111 Å². The van der Waals surface area contributed by atoms with Gasteiger partial charge in [0.15, 0.2) is 5.17 Å². The number of aliphatic imine (C=N–C) groups is 1. The number of benzene rings is 4. The number of amidine groups is 1. The maximum absolute atomic E-state index is 13.5. The van der Waals surface area contributed by atoms with Crippen molar-refractivity contribution in [2.24, 2.45) is 4.99 Å². The van der Waals surface area contributed by atoms with Crippen LogP contribution in [0.3, 0.4) is 0 Å². The lowest BCUT2D eigenvalue weighted by molar-refractivity contribution is -0.122. The number of aryl methyl sites for hydroxylation is 1. The first-order valence-electron chi connectivity index (χ1n) is 12.3. The molecule has 1 amide bonds. The van der Waals surface area contributed by atoms with Gasteiger partial charge in [0.25, 0.3) is 5.91 Å². The van der Waals surface area contributed by atoms with Gasteiger partial charge in [-0.3, -0.25) is 9.69 Å². The molecule has 4 nitrogen and oxygen atoms in total. The number of fused-ring (bicyclic) bond motifs is 1. The second-order valence-corrected chi connectivity index (χ2v) is 10.6. The Morgan fingerprint density at radius 2 is 1.70 bits per heavy atom. The fraction of sp³-hybridized carbons (Fsp3) is 0.161. The third-order valence-electron chi connectivity index (χ3n) is 6.31. The van der Waals surface area contributed by atoms with Crippen LogP contribution < -0.4 is 4.74 Å². The summed E-state index contributed by atoms with van der Waals surface area (Å²) in [6.07, 6.45) is 2.85. The summed E-state index contributed by atoms with van der Waals surface area (Å²) >= 11 is 4.90. The molecule has 4 aromatic carbocycles. The Kier molecular flexibility index (Phi) is 7.77. The molecule has 1 aliphatic rings. The standard InChI is InChI=1S/C31H27BrN2O2S/c1-3-22-9-6-8-12-27(22)33-31-34(4-2)30(35)29(37-31)19-26-25-11-7-5-10-23(25)15-18-28(26)36-20-21-13-16-24(32)17-14-21/h5-19H,3-4,20H2,1-2H3/b29-19+,33-31?. The fourth-order valence-corrected chi connectivity index (χ4v) is 5.62. The van der Waals surface area contributed by atoms with E-state index >= 15 is 0 Å². The summed E-state index contributed by atoms with van der Waals surface area (Å²) in [7, 11) is 0. The minimum Gasteiger partial charge on any atom is -0.488 e. The molecule has 0 radical (unpaired) electrons. The lowest BCUT2D eigenvalue weighted by Gasteiger charge is -2.13. The topological polar surface area (TPSA) is 41.9 Å². The molecule has 186 valence electrons. The van der Waals surface area contributed by atoms with Gasteiger partial charge in [0.2, 0.25) is 0 Å². The van der Waals surface area contributed by atoms with E-state index in [0.29, 0.717) is 23.2 Å². The van der Waals surface area contributed by atoms with Crippen molar-refractivity contribution < 1.29 is 9.53 Å². The zero-order valence-electron chi connectivity index (χ0n) is 20.8. The number of hydrogen-bond acceptors (Lipinski definition) is 4. The van der Waals surface area contributed by atoms with Crippen LogP contribution in [0.1, 0.15) is 30.5 Å². The summed E-state index contributed by atoms with van der Waals surface area (Å²) in [5.74, 6) is 0.708. The van der Waals surface area contributed by atoms with Gasteiger partial charge >= 0.3 is 0 Å². The summed E-state index contributed by atoms with van der Waals surface area (Å²) in [6.45, 7) is 5.09. The number of para-hydroxylation sites is 1. The van der Waals surface area contributed by atoms with Gasteiger partial charge in [0.1, 0.15) is 12.4 Å². The highest BCUT2D eigenvalue weighted by Gasteiger charge is 2.32. The van der Waals surface area contributed by atoms with Crippen LogP contribution in [0.5, 0.6) is 5.75 Å². The van der Waals surface area contributed by atoms with Gasteiger partial charge in [-0.15, -0.1) is 0 Å². The van der Waals surface area contributed by atoms with E-state index in [2.05, 4.69) is 47.1 Å². The molecule has 0 saturated carbocycles. The quantitative estimate of drug-likeness (QED) is 0.209. The Morgan fingerprint density at radius 3 is 2.49 bits per heavy atom. The highest BCUT2D eigenvalue weighted by Crippen LogP contribution is 2.38. The highest BCUT2D eigenvalue weighted by atomic mass is 79.9. The van der Waals surface area contributed by atoms with Crippen LogP contribution in [-0.4, -0.2) is 22.5 Å². The summed E-state index contributed by atoms with van der Waals surface area (Å²) in [4.78, 5) is 20.8. The van der Waals surface area contributed by atoms with E-state index in [1.807, 2.05) is 73.7 Å². The van der Waals surface area contributed by atoms with Gasteiger partial charge in [-0.2, -0.15) is 0 Å². The zero-order chi connectivity index (χ0) is 25.8. The molecule has 0 atom stereocenters. The van der Waals surface area contributed by atoms with Gasteiger partial charge in [0.05, 0.1) is 10.6 Å². The summed E-state index contributed by atoms with van der Waals surface area (Å²) in [5.41, 5.74) is 4.04. The molecule has 37 heavy (non-hydrogen) atoms. The van der Waals surface area contributed by atoms with Crippen molar-refractivity contribution in [2.45, 2.75) is 26.9 Å². The SMILES string of the molecule is CCc1ccccc1N=C1S/C(=C/c2c(OCc3ccc(Br)cc3)ccc3ccccc23)C(=O)N1CC. The van der Waals surface area contributed by atoms with Crippen LogP contribution in [0.4, 0.5) is 5.69 Å². The average molecular weight is 572 g/mol. The van der Waals surface area contributed by atoms with Crippen LogP contribution in [-0.2, 0) is 17.8 Å². The molecule has 0 bridgehead atoms. The first-order valence-corrected chi connectivity index (χ1v) is 13.9. The Labute approximate surface area is 230 Å². The van der Waals surface area contributed by atoms with Crippen LogP contribution >= 0.6 is 27.7 Å². The van der Waals surface area contributed by atoms with Crippen molar-refractivity contribution in [1.29, 1.82) is 0 Å². The fourth-order valence-electron chi connectivity index (χ4n) is 4.32. The summed E-state index contributed by atoms with van der Waals surface area (Å²) in [6, 6.07) is 28.4. The number of ether oxygens (including phenoxy) is 1. The Morgan fingerprint density at radius 1 is 0.946 bits per heavy atom. The molecule has 1 saturated heterocycles. The number of nitrogens with zero attached hydrogens (tertiary/aromatic N) is 2. The molecule has 1 fully saturated rings. The highest BCUT2D eigenvalue weighted by molar-refractivity contribution is 9.10. The molecule has 0 aromatic heterocycles. The predicted molar refractivity (Wildman–Crippen MR) is 158 cm³/mol. The Hall–Kier alpha value is -3.35. The summed E-state index contributed by atoms with van der Waals surface area (Å²) in [5, 5.41) is 2.84. The number of hydrogen-bond donors (Lipinski definition) is 0. The smallest absolute Gasteiger partial charge is 0.266 e. The maximum Gasteiger partial charge on any atom is 0.266 e. The number of carbonyl (C=O) groups is 1. The molecule has 0 N–H and O–H groups in total. The van der Waals surface area contributed by atoms with Crippen molar-refractivity contribution in [3.8, 4) is 5.75 Å². The molecule has 0 spiro atoms. The van der Waals surface area contributed by atoms with Crippen LogP contribution in [0.2, 0.25) is 0 Å². The van der Waals surface area contributed by atoms with Crippen molar-refractivity contribution in [2.75, 3.05) is 6.54 Å². The van der Waals surface area contributed by atoms with Gasteiger partial charge < -0.3 is 4.74 Å². The minimum absolute atomic E-state index is 0.0352. The second kappa shape index (κ2) is 11.4. The van der Waals surface area contributed by atoms with E-state index < -0.39 is 0 Å². The second-order valence-electron chi connectivity index (χ2n) is 8.65. The lowest BCUT2D eigenvalue weighted by Crippen LogP contribution is -2.28. The molecule has 6 heteroatoms. The molecule has 0 unspecified atom stereocenters. The number of amides is 1. The van der Waals surface area contributed by atoms with Crippen LogP contribution in [0, 0.1) is 0 Å². The predicted octanol–water partition coefficient (Wildman–Crippen LogP) is 8.37. The molecular weight excluding hydrogens is 544 g/mol. The Balaban J connectivity index is 1.53. The van der Waals surface area contributed by atoms with E-state index in [0.717, 1.165) is 49.8 Å². The molecular formula is C31H27BrN2O2S. The minimum atomic E-state index is -0.0352. The third-order valence-corrected chi connectivity index (χ3v) is 7.84. The number of carbonyl (C=O) groups excluding carboxylic acids is 1. The number of halogens is 1. The zero-order valence-corrected chi connectivity index (χ0v) is 23.2. The van der Waals surface area contributed by atoms with E-state index in [4.69, 9.17) is 9.73 Å². The van der Waals surface area contributed by atoms with E-state index in [9.17, 15) is 4.79 Å². The average Bonchev–Trinajstić information content (AvgIpc) is 3.22. The third kappa shape index (κ3) is 5.50. The van der Waals surface area contributed by atoms with E-state index in [-0.39, 0.29) is 5.91 Å². The molecule has 5 rings (SSSR count). The summed E-state index contributed by atoms with van der Waals surface area (Å²) < 4.78 is 7.33. The molecule has 4 aromatic rings. The van der Waals surface area contributed by atoms with Crippen molar-refractivity contribution in [3.63, 3.8) is 0 Å². The van der Waals surface area contributed by atoms with Crippen molar-refractivity contribution >= 4 is 61.3 Å².